The van der Waals surface area contributed by atoms with Crippen LogP contribution in [0.1, 0.15) is 19.4 Å². The van der Waals surface area contributed by atoms with E-state index >= 15 is 0 Å². The summed E-state index contributed by atoms with van der Waals surface area (Å²) in [6.45, 7) is 3.69. The second-order valence-corrected chi connectivity index (χ2v) is 9.45. The second-order valence-electron chi connectivity index (χ2n) is 7.68. The standard InChI is InChI=1S/C22H23FN4O2S/c1-14(2)13-30(28,29)27-19-6-4-3-5-16(19)15-7-8-17(18(23)11-15)21-12-25-22-20(26-21)9-10-24-22/h3-12,14,22,24-25,27H,13H2,1-2H3. The van der Waals surface area contributed by atoms with Crippen LogP contribution in [0.15, 0.2) is 65.9 Å². The van der Waals surface area contributed by atoms with Crippen molar-refractivity contribution >= 4 is 27.1 Å². The molecule has 1 atom stereocenters. The molecule has 3 N–H and O–H groups in total. The minimum absolute atomic E-state index is 0.00472. The predicted molar refractivity (Wildman–Crippen MR) is 119 cm³/mol. The molecular weight excluding hydrogens is 403 g/mol. The van der Waals surface area contributed by atoms with E-state index in [2.05, 4.69) is 20.3 Å². The van der Waals surface area contributed by atoms with Crippen LogP contribution in [0, 0.1) is 11.7 Å². The number of anilines is 1. The summed E-state index contributed by atoms with van der Waals surface area (Å²) in [7, 11) is -3.50. The van der Waals surface area contributed by atoms with Crippen molar-refractivity contribution in [3.63, 3.8) is 0 Å². The zero-order valence-electron chi connectivity index (χ0n) is 16.7. The van der Waals surface area contributed by atoms with E-state index < -0.39 is 15.8 Å². The second kappa shape index (κ2) is 7.95. The van der Waals surface area contributed by atoms with Gasteiger partial charge in [-0.05, 0) is 35.8 Å². The van der Waals surface area contributed by atoms with Crippen LogP contribution in [0.2, 0.25) is 0 Å². The molecule has 0 spiro atoms. The average Bonchev–Trinajstić information content (AvgIpc) is 3.14. The highest BCUT2D eigenvalue weighted by atomic mass is 32.2. The summed E-state index contributed by atoms with van der Waals surface area (Å²) in [5, 5.41) is 6.24. The van der Waals surface area contributed by atoms with Gasteiger partial charge >= 0.3 is 0 Å². The lowest BCUT2D eigenvalue weighted by Crippen LogP contribution is -2.40. The number of nitrogens with one attached hydrogen (secondary N) is 3. The van der Waals surface area contributed by atoms with Crippen molar-refractivity contribution in [2.75, 3.05) is 10.5 Å². The topological polar surface area (TPSA) is 82.6 Å². The van der Waals surface area contributed by atoms with Gasteiger partial charge < -0.3 is 10.6 Å². The first-order chi connectivity index (χ1) is 14.3. The van der Waals surface area contributed by atoms with Crippen molar-refractivity contribution < 1.29 is 12.8 Å². The van der Waals surface area contributed by atoms with Gasteiger partial charge in [0.1, 0.15) is 12.0 Å². The first-order valence-electron chi connectivity index (χ1n) is 9.69. The quantitative estimate of drug-likeness (QED) is 0.658. The van der Waals surface area contributed by atoms with Gasteiger partial charge in [0.05, 0.1) is 22.8 Å². The third-order valence-corrected chi connectivity index (χ3v) is 6.39. The molecule has 0 fully saturated rings. The Morgan fingerprint density at radius 1 is 1.13 bits per heavy atom. The molecule has 1 unspecified atom stereocenters. The summed E-state index contributed by atoms with van der Waals surface area (Å²) in [6, 6.07) is 11.8. The van der Waals surface area contributed by atoms with Gasteiger partial charge in [-0.3, -0.25) is 4.72 Å². The zero-order chi connectivity index (χ0) is 21.3. The Morgan fingerprint density at radius 2 is 1.93 bits per heavy atom. The summed E-state index contributed by atoms with van der Waals surface area (Å²) in [4.78, 5) is 4.51. The van der Waals surface area contributed by atoms with Crippen LogP contribution in [-0.4, -0.2) is 26.0 Å². The summed E-state index contributed by atoms with van der Waals surface area (Å²) in [6.07, 6.45) is 5.24. The fourth-order valence-corrected chi connectivity index (χ4v) is 4.95. The minimum Gasteiger partial charge on any atom is -0.366 e. The molecule has 30 heavy (non-hydrogen) atoms. The number of para-hydroxylation sites is 1. The van der Waals surface area contributed by atoms with Crippen LogP contribution >= 0.6 is 0 Å². The Bertz CT molecular complexity index is 1170. The van der Waals surface area contributed by atoms with Gasteiger partial charge in [-0.2, -0.15) is 0 Å². The van der Waals surface area contributed by atoms with Gasteiger partial charge in [0.25, 0.3) is 0 Å². The van der Waals surface area contributed by atoms with E-state index in [0.717, 1.165) is 5.71 Å². The smallest absolute Gasteiger partial charge is 0.232 e. The maximum Gasteiger partial charge on any atom is 0.232 e. The van der Waals surface area contributed by atoms with Crippen molar-refractivity contribution in [3.8, 4) is 11.1 Å². The van der Waals surface area contributed by atoms with E-state index in [1.807, 2.05) is 19.9 Å². The van der Waals surface area contributed by atoms with Crippen LogP contribution in [0.5, 0.6) is 0 Å². The van der Waals surface area contributed by atoms with Crippen LogP contribution in [0.4, 0.5) is 10.1 Å². The lowest BCUT2D eigenvalue weighted by molar-refractivity contribution is 0.587. The van der Waals surface area contributed by atoms with E-state index in [0.29, 0.717) is 28.1 Å². The fourth-order valence-electron chi connectivity index (χ4n) is 3.48. The molecule has 156 valence electrons. The molecule has 6 nitrogen and oxygen atoms in total. The third kappa shape index (κ3) is 4.23. The van der Waals surface area contributed by atoms with Gasteiger partial charge in [-0.1, -0.05) is 38.1 Å². The number of hydrogen-bond donors (Lipinski definition) is 3. The van der Waals surface area contributed by atoms with Gasteiger partial charge in [0.15, 0.2) is 0 Å². The molecule has 0 saturated heterocycles. The van der Waals surface area contributed by atoms with Crippen molar-refractivity contribution in [1.29, 1.82) is 0 Å². The first kappa shape index (κ1) is 20.2. The minimum atomic E-state index is -3.50. The molecule has 0 saturated carbocycles. The van der Waals surface area contributed by atoms with Gasteiger partial charge in [-0.25, -0.2) is 17.8 Å². The van der Waals surface area contributed by atoms with Crippen molar-refractivity contribution in [2.24, 2.45) is 10.9 Å². The lowest BCUT2D eigenvalue weighted by atomic mass is 10.0. The average molecular weight is 427 g/mol. The number of aliphatic imine (C=N–C) groups is 1. The van der Waals surface area contributed by atoms with Crippen molar-refractivity contribution in [3.05, 3.63) is 72.3 Å². The fraction of sp³-hybridized carbons (Fsp3) is 0.227. The summed E-state index contributed by atoms with van der Waals surface area (Å²) < 4.78 is 42.4. The maximum atomic E-state index is 15.0. The summed E-state index contributed by atoms with van der Waals surface area (Å²) >= 11 is 0. The molecule has 0 aromatic heterocycles. The number of nitrogens with zero attached hydrogens (tertiary/aromatic N) is 1. The maximum absolute atomic E-state index is 15.0. The number of hydrogen-bond acceptors (Lipinski definition) is 5. The molecular formula is C22H23FN4O2S. The van der Waals surface area contributed by atoms with E-state index in [1.54, 1.807) is 48.8 Å². The summed E-state index contributed by atoms with van der Waals surface area (Å²) in [5.41, 5.74) is 3.28. The Kier molecular flexibility index (Phi) is 5.34. The van der Waals surface area contributed by atoms with E-state index in [9.17, 15) is 12.8 Å². The number of sulfonamides is 1. The Hall–Kier alpha value is -3.13. The molecule has 0 aliphatic carbocycles. The monoisotopic (exact) mass is 426 g/mol. The van der Waals surface area contributed by atoms with Crippen LogP contribution < -0.4 is 15.4 Å². The van der Waals surface area contributed by atoms with Gasteiger partial charge in [0.2, 0.25) is 10.0 Å². The molecule has 2 aromatic rings. The van der Waals surface area contributed by atoms with Crippen molar-refractivity contribution in [1.82, 2.24) is 10.6 Å². The highest BCUT2D eigenvalue weighted by molar-refractivity contribution is 7.92. The number of fused-ring (bicyclic) bond motifs is 1. The van der Waals surface area contributed by atoms with Gasteiger partial charge in [-0.15, -0.1) is 0 Å². The number of rotatable bonds is 6. The van der Waals surface area contributed by atoms with Gasteiger partial charge in [0, 0.05) is 23.5 Å². The molecule has 0 amide bonds. The first-order valence-corrected chi connectivity index (χ1v) is 11.3. The largest absolute Gasteiger partial charge is 0.366 e. The highest BCUT2D eigenvalue weighted by Gasteiger charge is 2.22. The van der Waals surface area contributed by atoms with Crippen LogP contribution in [0.25, 0.3) is 16.8 Å². The third-order valence-electron chi connectivity index (χ3n) is 4.75. The molecule has 2 heterocycles. The normalized spacial score (nSPS) is 17.7. The molecule has 2 aromatic carbocycles. The van der Waals surface area contributed by atoms with E-state index in [4.69, 9.17) is 0 Å². The molecule has 0 radical (unpaired) electrons. The predicted octanol–water partition coefficient (Wildman–Crippen LogP) is 3.68. The van der Waals surface area contributed by atoms with E-state index in [-0.39, 0.29) is 17.8 Å². The number of benzene rings is 2. The summed E-state index contributed by atoms with van der Waals surface area (Å²) in [5.74, 6) is -0.423. The van der Waals surface area contributed by atoms with Crippen LogP contribution in [-0.2, 0) is 10.0 Å². The Balaban J connectivity index is 1.64. The highest BCUT2D eigenvalue weighted by Crippen LogP contribution is 2.32. The zero-order valence-corrected chi connectivity index (χ0v) is 17.5. The van der Waals surface area contributed by atoms with E-state index in [1.165, 1.54) is 6.07 Å². The SMILES string of the molecule is CC(C)CS(=O)(=O)Nc1ccccc1-c1ccc(C2=CNC3NC=CC3=N2)c(F)c1. The molecule has 8 heteroatoms. The molecule has 0 bridgehead atoms. The molecule has 2 aliphatic rings. The Morgan fingerprint density at radius 3 is 2.70 bits per heavy atom. The molecule has 4 rings (SSSR count). The number of halogens is 1. The lowest BCUT2D eigenvalue weighted by Gasteiger charge is -2.19. The van der Waals surface area contributed by atoms with Crippen molar-refractivity contribution in [2.45, 2.75) is 20.0 Å². The van der Waals surface area contributed by atoms with Crippen LogP contribution in [0.3, 0.4) is 0 Å². The Labute approximate surface area is 175 Å². The molecule has 2 aliphatic heterocycles.